The Morgan fingerprint density at radius 1 is 0.282 bits per heavy atom. The van der Waals surface area contributed by atoms with Crippen LogP contribution < -0.4 is 5.32 Å². The van der Waals surface area contributed by atoms with Gasteiger partial charge in [0.05, 0.1) is 18.8 Å². The Hall–Kier alpha value is -0.650. The fraction of sp³-hybridized carbons (Fsp3) is 0.985. The summed E-state index contributed by atoms with van der Waals surface area (Å²) in [5.41, 5.74) is 0. The van der Waals surface area contributed by atoms with E-state index in [1.54, 1.807) is 0 Å². The minimum absolute atomic E-state index is 0.307. The number of hydrogen-bond donors (Lipinski definition) is 4. The predicted molar refractivity (Wildman–Crippen MR) is 315 cm³/mol. The number of aliphatic hydroxyl groups excluding tert-OH is 3. The highest BCUT2D eigenvalue weighted by atomic mass is 16.3. The summed E-state index contributed by atoms with van der Waals surface area (Å²) in [5.74, 6) is -0.460. The van der Waals surface area contributed by atoms with Crippen LogP contribution in [0.15, 0.2) is 0 Å². The van der Waals surface area contributed by atoms with Gasteiger partial charge in [-0.05, 0) is 12.8 Å². The number of carbonyl (C=O) groups excluding carboxylic acids is 1. The molecule has 0 aromatic heterocycles. The first-order chi connectivity index (χ1) is 35.1. The minimum Gasteiger partial charge on any atom is -0.394 e. The molecule has 0 heterocycles. The van der Waals surface area contributed by atoms with Crippen LogP contribution in [0.25, 0.3) is 0 Å². The quantitative estimate of drug-likeness (QED) is 0.0457. The molecule has 0 aliphatic heterocycles. The van der Waals surface area contributed by atoms with Crippen molar-refractivity contribution in [3.05, 3.63) is 0 Å². The largest absolute Gasteiger partial charge is 0.394 e. The van der Waals surface area contributed by atoms with Gasteiger partial charge in [0.25, 0.3) is 0 Å². The van der Waals surface area contributed by atoms with Crippen LogP contribution in [-0.2, 0) is 4.79 Å². The molecule has 5 heteroatoms. The molecule has 426 valence electrons. The van der Waals surface area contributed by atoms with Gasteiger partial charge in [-0.1, -0.05) is 380 Å². The number of aliphatic hydroxyl groups is 3. The van der Waals surface area contributed by atoms with Crippen LogP contribution >= 0.6 is 0 Å². The third-order valence-electron chi connectivity index (χ3n) is 16.2. The number of rotatable bonds is 63. The molecule has 0 saturated heterocycles. The number of unbranched alkanes of at least 4 members (excludes halogenated alkanes) is 55. The van der Waals surface area contributed by atoms with Gasteiger partial charge < -0.3 is 20.6 Å². The molecule has 3 atom stereocenters. The lowest BCUT2D eigenvalue weighted by Gasteiger charge is -2.23. The van der Waals surface area contributed by atoms with Crippen molar-refractivity contribution in [2.75, 3.05) is 6.61 Å². The highest BCUT2D eigenvalue weighted by Gasteiger charge is 2.23. The fourth-order valence-electron chi connectivity index (χ4n) is 11.1. The topological polar surface area (TPSA) is 89.8 Å². The molecule has 0 aromatic rings. The maximum absolute atomic E-state index is 12.6. The van der Waals surface area contributed by atoms with Crippen molar-refractivity contribution in [2.24, 2.45) is 0 Å². The molecule has 0 aliphatic carbocycles. The standard InChI is InChI=1S/C66H133NO4/c1-3-5-7-9-11-13-15-17-19-21-23-24-25-26-27-28-29-30-31-32-33-34-35-36-37-38-39-40-41-43-45-47-49-51-53-55-57-59-61-65(70)66(71)67-63(62-68)64(69)60-58-56-54-52-50-48-46-44-42-22-20-18-16-14-12-10-8-6-4-2/h63-65,68-70H,3-62H2,1-2H3,(H,67,71). The second kappa shape index (κ2) is 61.9. The Morgan fingerprint density at radius 2 is 0.451 bits per heavy atom. The minimum atomic E-state index is -1.07. The van der Waals surface area contributed by atoms with Crippen LogP contribution in [0, 0.1) is 0 Å². The number of hydrogen-bond acceptors (Lipinski definition) is 4. The average molecular weight is 1000 g/mol. The molecule has 0 spiro atoms. The average Bonchev–Trinajstić information content (AvgIpc) is 3.38. The highest BCUT2D eigenvalue weighted by Crippen LogP contribution is 2.20. The third kappa shape index (κ3) is 56.9. The molecule has 71 heavy (non-hydrogen) atoms. The first-order valence-corrected chi connectivity index (χ1v) is 33.3. The molecule has 0 bridgehead atoms. The molecular formula is C66H133NO4. The van der Waals surface area contributed by atoms with Crippen LogP contribution in [-0.4, -0.2) is 46.1 Å². The van der Waals surface area contributed by atoms with E-state index in [2.05, 4.69) is 19.2 Å². The molecule has 3 unspecified atom stereocenters. The van der Waals surface area contributed by atoms with Crippen molar-refractivity contribution in [1.29, 1.82) is 0 Å². The number of amides is 1. The summed E-state index contributed by atoms with van der Waals surface area (Å²) in [5, 5.41) is 33.6. The summed E-state index contributed by atoms with van der Waals surface area (Å²) in [7, 11) is 0. The lowest BCUT2D eigenvalue weighted by atomic mass is 10.0. The summed E-state index contributed by atoms with van der Waals surface area (Å²) in [4.78, 5) is 12.6. The molecule has 0 aliphatic rings. The van der Waals surface area contributed by atoms with E-state index in [0.717, 1.165) is 32.1 Å². The molecule has 0 rings (SSSR count). The lowest BCUT2D eigenvalue weighted by molar-refractivity contribution is -0.131. The van der Waals surface area contributed by atoms with Gasteiger partial charge in [0.15, 0.2) is 0 Å². The van der Waals surface area contributed by atoms with Crippen molar-refractivity contribution in [2.45, 2.75) is 411 Å². The molecule has 0 fully saturated rings. The molecule has 0 radical (unpaired) electrons. The van der Waals surface area contributed by atoms with E-state index in [1.165, 1.54) is 334 Å². The second-order valence-corrected chi connectivity index (χ2v) is 23.4. The van der Waals surface area contributed by atoms with Crippen molar-refractivity contribution in [3.63, 3.8) is 0 Å². The van der Waals surface area contributed by atoms with Crippen LogP contribution in [0.5, 0.6) is 0 Å². The first kappa shape index (κ1) is 70.3. The van der Waals surface area contributed by atoms with E-state index in [4.69, 9.17) is 0 Å². The zero-order valence-electron chi connectivity index (χ0n) is 48.9. The molecule has 0 aromatic carbocycles. The fourth-order valence-corrected chi connectivity index (χ4v) is 11.1. The lowest BCUT2D eigenvalue weighted by Crippen LogP contribution is -2.49. The zero-order valence-corrected chi connectivity index (χ0v) is 48.9. The summed E-state index contributed by atoms with van der Waals surface area (Å²) in [6.07, 6.45) is 77.8. The maximum Gasteiger partial charge on any atom is 0.249 e. The van der Waals surface area contributed by atoms with Crippen molar-refractivity contribution < 1.29 is 20.1 Å². The van der Waals surface area contributed by atoms with E-state index < -0.39 is 24.2 Å². The van der Waals surface area contributed by atoms with Gasteiger partial charge in [-0.15, -0.1) is 0 Å². The molecule has 0 saturated carbocycles. The molecule has 4 N–H and O–H groups in total. The summed E-state index contributed by atoms with van der Waals surface area (Å²) in [6.45, 7) is 4.29. The summed E-state index contributed by atoms with van der Waals surface area (Å²) in [6, 6.07) is -0.708. The second-order valence-electron chi connectivity index (χ2n) is 23.4. The van der Waals surface area contributed by atoms with Gasteiger partial charge in [-0.25, -0.2) is 0 Å². The smallest absolute Gasteiger partial charge is 0.249 e. The van der Waals surface area contributed by atoms with Crippen LogP contribution in [0.1, 0.15) is 393 Å². The van der Waals surface area contributed by atoms with Crippen molar-refractivity contribution in [1.82, 2.24) is 5.32 Å². The molecule has 5 nitrogen and oxygen atoms in total. The van der Waals surface area contributed by atoms with Crippen LogP contribution in [0.3, 0.4) is 0 Å². The Morgan fingerprint density at radius 3 is 0.634 bits per heavy atom. The number of nitrogens with one attached hydrogen (secondary N) is 1. The highest BCUT2D eigenvalue weighted by molar-refractivity contribution is 5.80. The Kier molecular flexibility index (Phi) is 61.3. The van der Waals surface area contributed by atoms with Gasteiger partial charge in [0.1, 0.15) is 6.10 Å². The SMILES string of the molecule is CCCCCCCCCCCCCCCCCCCCCCCCCCCCCCCCCCCCCCCCC(O)C(=O)NC(CO)C(O)CCCCCCCCCCCCCCCCCCCCC. The van der Waals surface area contributed by atoms with Gasteiger partial charge in [-0.2, -0.15) is 0 Å². The van der Waals surface area contributed by atoms with Crippen molar-refractivity contribution >= 4 is 5.91 Å². The van der Waals surface area contributed by atoms with Crippen LogP contribution in [0.2, 0.25) is 0 Å². The van der Waals surface area contributed by atoms with Gasteiger partial charge in [-0.3, -0.25) is 4.79 Å². The van der Waals surface area contributed by atoms with Gasteiger partial charge >= 0.3 is 0 Å². The Balaban J connectivity index is 3.40. The molecule has 1 amide bonds. The Bertz CT molecular complexity index is 975. The summed E-state index contributed by atoms with van der Waals surface area (Å²) >= 11 is 0. The maximum atomic E-state index is 12.6. The first-order valence-electron chi connectivity index (χ1n) is 33.3. The normalized spacial score (nSPS) is 13.0. The van der Waals surface area contributed by atoms with E-state index in [0.29, 0.717) is 12.8 Å². The van der Waals surface area contributed by atoms with E-state index in [1.807, 2.05) is 0 Å². The van der Waals surface area contributed by atoms with E-state index >= 15 is 0 Å². The van der Waals surface area contributed by atoms with Gasteiger partial charge in [0, 0.05) is 0 Å². The number of carbonyl (C=O) groups is 1. The zero-order chi connectivity index (χ0) is 51.4. The Labute approximate surface area is 447 Å². The van der Waals surface area contributed by atoms with Crippen LogP contribution in [0.4, 0.5) is 0 Å². The van der Waals surface area contributed by atoms with E-state index in [-0.39, 0.29) is 6.61 Å². The van der Waals surface area contributed by atoms with E-state index in [9.17, 15) is 20.1 Å². The monoisotopic (exact) mass is 1000 g/mol. The van der Waals surface area contributed by atoms with Crippen molar-refractivity contribution in [3.8, 4) is 0 Å². The predicted octanol–water partition coefficient (Wildman–Crippen LogP) is 21.2. The summed E-state index contributed by atoms with van der Waals surface area (Å²) < 4.78 is 0. The molecular weight excluding hydrogens is 871 g/mol. The van der Waals surface area contributed by atoms with Gasteiger partial charge in [0.2, 0.25) is 5.91 Å². The third-order valence-corrected chi connectivity index (χ3v) is 16.2.